The predicted molar refractivity (Wildman–Crippen MR) is 90.5 cm³/mol. The number of hydrogen-bond acceptors (Lipinski definition) is 2. The van der Waals surface area contributed by atoms with Crippen LogP contribution >= 0.6 is 0 Å². The third-order valence-corrected chi connectivity index (χ3v) is 5.08. The van der Waals surface area contributed by atoms with E-state index in [4.69, 9.17) is 0 Å². The zero-order valence-corrected chi connectivity index (χ0v) is 13.8. The highest BCUT2D eigenvalue weighted by Crippen LogP contribution is 2.33. The molecule has 1 aliphatic rings. The number of benzene rings is 2. The molecule has 4 rings (SSSR count). The van der Waals surface area contributed by atoms with Gasteiger partial charge in [-0.2, -0.15) is 0 Å². The van der Waals surface area contributed by atoms with Crippen molar-refractivity contribution in [3.63, 3.8) is 0 Å². The van der Waals surface area contributed by atoms with Gasteiger partial charge < -0.3 is 20.2 Å². The van der Waals surface area contributed by atoms with E-state index in [1.807, 2.05) is 23.5 Å². The second kappa shape index (κ2) is 5.49. The van der Waals surface area contributed by atoms with E-state index in [1.165, 1.54) is 11.1 Å². The summed E-state index contributed by atoms with van der Waals surface area (Å²) in [5.74, 6) is -0.999. The molecule has 2 atom stereocenters. The average Bonchev–Trinajstić information content (AvgIpc) is 2.95. The van der Waals surface area contributed by atoms with Gasteiger partial charge in [-0.3, -0.25) is 0 Å². The lowest BCUT2D eigenvalue weighted by atomic mass is 9.88. The van der Waals surface area contributed by atoms with Gasteiger partial charge in [-0.25, -0.2) is 0 Å². The SMILES string of the molecule is Cc1ccc(C)c([C@@H]2[NH2+][C@@H](C(=O)[O-])Cc3c2[nH]c2ccccc32)c1. The summed E-state index contributed by atoms with van der Waals surface area (Å²) in [5.41, 5.74) is 6.79. The maximum absolute atomic E-state index is 11.6. The van der Waals surface area contributed by atoms with Gasteiger partial charge in [-0.05, 0) is 37.1 Å². The van der Waals surface area contributed by atoms with E-state index in [0.717, 1.165) is 27.7 Å². The van der Waals surface area contributed by atoms with Crippen LogP contribution in [0.3, 0.4) is 0 Å². The van der Waals surface area contributed by atoms with Gasteiger partial charge in [0, 0.05) is 22.9 Å². The van der Waals surface area contributed by atoms with Crippen LogP contribution in [0.15, 0.2) is 42.5 Å². The molecule has 0 spiro atoms. The number of H-pyrrole nitrogens is 1. The molecule has 0 radical (unpaired) electrons. The lowest BCUT2D eigenvalue weighted by Crippen LogP contribution is -2.95. The van der Waals surface area contributed by atoms with Crippen molar-refractivity contribution < 1.29 is 15.2 Å². The van der Waals surface area contributed by atoms with E-state index in [2.05, 4.69) is 43.1 Å². The van der Waals surface area contributed by atoms with Crippen molar-refractivity contribution in [2.24, 2.45) is 0 Å². The minimum Gasteiger partial charge on any atom is -0.544 e. The number of nitrogens with one attached hydrogen (secondary N) is 1. The molecule has 3 N–H and O–H groups in total. The lowest BCUT2D eigenvalue weighted by molar-refractivity contribution is -0.717. The predicted octanol–water partition coefficient (Wildman–Crippen LogP) is 1.11. The minimum atomic E-state index is -0.999. The Bertz CT molecular complexity index is 942. The number of aryl methyl sites for hydroxylation is 2. The van der Waals surface area contributed by atoms with Gasteiger partial charge in [-0.15, -0.1) is 0 Å². The number of carboxylic acid groups (broad SMARTS) is 1. The largest absolute Gasteiger partial charge is 0.544 e. The number of rotatable bonds is 2. The molecule has 0 saturated carbocycles. The molecule has 3 aromatic rings. The average molecular weight is 320 g/mol. The van der Waals surface area contributed by atoms with Crippen molar-refractivity contribution in [3.05, 3.63) is 70.4 Å². The highest BCUT2D eigenvalue weighted by molar-refractivity contribution is 5.86. The third-order valence-electron chi connectivity index (χ3n) is 5.08. The number of quaternary nitrogens is 1. The van der Waals surface area contributed by atoms with Crippen LogP contribution in [0.2, 0.25) is 0 Å². The van der Waals surface area contributed by atoms with Crippen LogP contribution in [-0.4, -0.2) is 17.0 Å². The number of aromatic nitrogens is 1. The van der Waals surface area contributed by atoms with Crippen molar-refractivity contribution in [2.45, 2.75) is 32.4 Å². The first-order valence-electron chi connectivity index (χ1n) is 8.27. The molecule has 1 aromatic heterocycles. The normalized spacial score (nSPS) is 20.1. The van der Waals surface area contributed by atoms with Gasteiger partial charge in [-0.1, -0.05) is 35.9 Å². The molecule has 4 nitrogen and oxygen atoms in total. The maximum Gasteiger partial charge on any atom is 0.153 e. The molecule has 24 heavy (non-hydrogen) atoms. The Kier molecular flexibility index (Phi) is 3.43. The van der Waals surface area contributed by atoms with Crippen LogP contribution in [0.25, 0.3) is 10.9 Å². The van der Waals surface area contributed by atoms with E-state index in [9.17, 15) is 9.90 Å². The van der Waals surface area contributed by atoms with Gasteiger partial charge >= 0.3 is 0 Å². The van der Waals surface area contributed by atoms with Crippen LogP contribution in [0.1, 0.15) is 34.0 Å². The number of carbonyl (C=O) groups excluding carboxylic acids is 1. The summed E-state index contributed by atoms with van der Waals surface area (Å²) in [5, 5.41) is 14.6. The van der Waals surface area contributed by atoms with Crippen LogP contribution in [0.5, 0.6) is 0 Å². The topological polar surface area (TPSA) is 72.5 Å². The molecule has 0 bridgehead atoms. The smallest absolute Gasteiger partial charge is 0.153 e. The van der Waals surface area contributed by atoms with Crippen molar-refractivity contribution in [2.75, 3.05) is 0 Å². The van der Waals surface area contributed by atoms with E-state index in [-0.39, 0.29) is 6.04 Å². The van der Waals surface area contributed by atoms with Crippen molar-refractivity contribution in [3.8, 4) is 0 Å². The van der Waals surface area contributed by atoms with Gasteiger partial charge in [0.25, 0.3) is 0 Å². The van der Waals surface area contributed by atoms with E-state index >= 15 is 0 Å². The summed E-state index contributed by atoms with van der Waals surface area (Å²) in [7, 11) is 0. The Balaban J connectivity index is 1.94. The number of hydrogen-bond donors (Lipinski definition) is 2. The zero-order chi connectivity index (χ0) is 16.8. The first-order chi connectivity index (χ1) is 11.5. The quantitative estimate of drug-likeness (QED) is 0.742. The summed E-state index contributed by atoms with van der Waals surface area (Å²) >= 11 is 0. The Morgan fingerprint density at radius 3 is 2.79 bits per heavy atom. The van der Waals surface area contributed by atoms with Gasteiger partial charge in [0.1, 0.15) is 6.04 Å². The van der Waals surface area contributed by atoms with Crippen molar-refractivity contribution >= 4 is 16.9 Å². The fourth-order valence-corrected chi connectivity index (χ4v) is 3.84. The molecular weight excluding hydrogens is 300 g/mol. The van der Waals surface area contributed by atoms with Crippen LogP contribution < -0.4 is 10.4 Å². The van der Waals surface area contributed by atoms with Gasteiger partial charge in [0.2, 0.25) is 0 Å². The van der Waals surface area contributed by atoms with Crippen LogP contribution in [-0.2, 0) is 11.2 Å². The van der Waals surface area contributed by atoms with Crippen LogP contribution in [0.4, 0.5) is 0 Å². The molecule has 1 aliphatic heterocycles. The number of carbonyl (C=O) groups is 1. The molecule has 4 heteroatoms. The number of nitrogens with two attached hydrogens (primary N) is 1. The summed E-state index contributed by atoms with van der Waals surface area (Å²) in [4.78, 5) is 15.1. The molecule has 0 fully saturated rings. The highest BCUT2D eigenvalue weighted by atomic mass is 16.4. The standard InChI is InChI=1S/C20H20N2O2/c1-11-7-8-12(2)14(9-11)18-19-15(10-17(22-18)20(23)24)13-5-3-4-6-16(13)21-19/h3-9,17-18,21-22H,10H2,1-2H3,(H,23,24)/t17-,18+/m1/s1. The van der Waals surface area contributed by atoms with E-state index < -0.39 is 12.0 Å². The Hall–Kier alpha value is -2.59. The lowest BCUT2D eigenvalue weighted by Gasteiger charge is -2.29. The molecule has 2 heterocycles. The molecule has 0 saturated heterocycles. The fourth-order valence-electron chi connectivity index (χ4n) is 3.84. The first-order valence-corrected chi connectivity index (χ1v) is 8.27. The maximum atomic E-state index is 11.6. The third kappa shape index (κ3) is 2.31. The molecule has 122 valence electrons. The minimum absolute atomic E-state index is 0.0519. The Morgan fingerprint density at radius 1 is 1.21 bits per heavy atom. The van der Waals surface area contributed by atoms with E-state index in [1.54, 1.807) is 0 Å². The highest BCUT2D eigenvalue weighted by Gasteiger charge is 2.35. The van der Waals surface area contributed by atoms with Crippen molar-refractivity contribution in [1.29, 1.82) is 0 Å². The monoisotopic (exact) mass is 320 g/mol. The van der Waals surface area contributed by atoms with Crippen LogP contribution in [0, 0.1) is 13.8 Å². The van der Waals surface area contributed by atoms with Crippen molar-refractivity contribution in [1.82, 2.24) is 4.98 Å². The summed E-state index contributed by atoms with van der Waals surface area (Å²) < 4.78 is 0. The second-order valence-corrected chi connectivity index (χ2v) is 6.72. The second-order valence-electron chi connectivity index (χ2n) is 6.72. The Morgan fingerprint density at radius 2 is 2.00 bits per heavy atom. The molecule has 2 aromatic carbocycles. The number of aromatic amines is 1. The number of para-hydroxylation sites is 1. The Labute approximate surface area is 140 Å². The van der Waals surface area contributed by atoms with Gasteiger partial charge in [0.05, 0.1) is 11.7 Å². The molecule has 0 unspecified atom stereocenters. The molecule has 0 aliphatic carbocycles. The number of aliphatic carboxylic acids is 1. The van der Waals surface area contributed by atoms with E-state index in [0.29, 0.717) is 6.42 Å². The molecule has 0 amide bonds. The first kappa shape index (κ1) is 15.0. The summed E-state index contributed by atoms with van der Waals surface area (Å²) in [6.45, 7) is 4.14. The summed E-state index contributed by atoms with van der Waals surface area (Å²) in [6.07, 6.45) is 0.489. The zero-order valence-electron chi connectivity index (χ0n) is 13.8. The summed E-state index contributed by atoms with van der Waals surface area (Å²) in [6, 6.07) is 13.8. The molecular formula is C20H20N2O2. The number of fused-ring (bicyclic) bond motifs is 3. The fraction of sp³-hybridized carbons (Fsp3) is 0.250. The van der Waals surface area contributed by atoms with Gasteiger partial charge in [0.15, 0.2) is 6.04 Å². The number of carboxylic acids is 1.